The minimum absolute atomic E-state index is 0.623. The molecule has 1 aliphatic carbocycles. The van der Waals surface area contributed by atoms with Gasteiger partial charge in [-0.3, -0.25) is 0 Å². The zero-order valence-corrected chi connectivity index (χ0v) is 7.30. The lowest BCUT2D eigenvalue weighted by Gasteiger charge is -1.99. The maximum absolute atomic E-state index is 13.1. The van der Waals surface area contributed by atoms with E-state index in [0.717, 1.165) is 0 Å². The fourth-order valence-corrected chi connectivity index (χ4v) is 1.75. The molecule has 0 radical (unpaired) electrons. The standard InChI is InChI=1S/C10H11F2N/c1-9(13)8(10(9,11)12)7-5-3-2-4-6-7/h2-6,8H,13H2,1H3/t8-,9-/m0/s1. The Morgan fingerprint density at radius 2 is 1.69 bits per heavy atom. The molecular weight excluding hydrogens is 172 g/mol. The van der Waals surface area contributed by atoms with E-state index in [2.05, 4.69) is 0 Å². The Labute approximate surface area is 75.6 Å². The van der Waals surface area contributed by atoms with E-state index in [1.54, 1.807) is 30.3 Å². The van der Waals surface area contributed by atoms with Gasteiger partial charge in [0.05, 0.1) is 11.5 Å². The molecular formula is C10H11F2N. The van der Waals surface area contributed by atoms with Crippen molar-refractivity contribution in [1.82, 2.24) is 0 Å². The van der Waals surface area contributed by atoms with Crippen LogP contribution in [0.3, 0.4) is 0 Å². The molecule has 0 saturated heterocycles. The first-order chi connectivity index (χ1) is 5.98. The first kappa shape index (κ1) is 8.63. The molecule has 1 aromatic carbocycles. The van der Waals surface area contributed by atoms with Crippen molar-refractivity contribution in [3.63, 3.8) is 0 Å². The van der Waals surface area contributed by atoms with E-state index in [1.807, 2.05) is 0 Å². The average Bonchev–Trinajstić information content (AvgIpc) is 2.44. The van der Waals surface area contributed by atoms with Gasteiger partial charge in [-0.15, -0.1) is 0 Å². The maximum Gasteiger partial charge on any atom is 0.274 e. The van der Waals surface area contributed by atoms with E-state index in [1.165, 1.54) is 6.92 Å². The fraction of sp³-hybridized carbons (Fsp3) is 0.400. The van der Waals surface area contributed by atoms with E-state index in [0.29, 0.717) is 5.56 Å². The Hall–Kier alpha value is -0.960. The maximum atomic E-state index is 13.1. The first-order valence-corrected chi connectivity index (χ1v) is 4.19. The molecule has 70 valence electrons. The van der Waals surface area contributed by atoms with E-state index in [9.17, 15) is 8.78 Å². The summed E-state index contributed by atoms with van der Waals surface area (Å²) in [7, 11) is 0. The van der Waals surface area contributed by atoms with Crippen molar-refractivity contribution < 1.29 is 8.78 Å². The quantitative estimate of drug-likeness (QED) is 0.709. The van der Waals surface area contributed by atoms with Crippen LogP contribution in [0.15, 0.2) is 30.3 Å². The summed E-state index contributed by atoms with van der Waals surface area (Å²) in [4.78, 5) is 0. The molecule has 1 nitrogen and oxygen atoms in total. The molecule has 0 unspecified atom stereocenters. The van der Waals surface area contributed by atoms with Crippen LogP contribution < -0.4 is 5.73 Å². The zero-order chi connectivity index (χ0) is 9.69. The molecule has 0 amide bonds. The van der Waals surface area contributed by atoms with Crippen LogP contribution in [0.25, 0.3) is 0 Å². The number of hydrogen-bond acceptors (Lipinski definition) is 1. The van der Waals surface area contributed by atoms with Crippen molar-refractivity contribution in [3.05, 3.63) is 35.9 Å². The Morgan fingerprint density at radius 1 is 1.23 bits per heavy atom. The number of alkyl halides is 2. The highest BCUT2D eigenvalue weighted by molar-refractivity contribution is 5.40. The van der Waals surface area contributed by atoms with Gasteiger partial charge in [-0.2, -0.15) is 0 Å². The molecule has 0 aliphatic heterocycles. The summed E-state index contributed by atoms with van der Waals surface area (Å²) in [6, 6.07) is 8.69. The van der Waals surface area contributed by atoms with Crippen molar-refractivity contribution in [2.24, 2.45) is 5.73 Å². The van der Waals surface area contributed by atoms with Gasteiger partial charge in [0, 0.05) is 0 Å². The molecule has 1 aliphatic rings. The third-order valence-electron chi connectivity index (χ3n) is 2.73. The summed E-state index contributed by atoms with van der Waals surface area (Å²) in [5, 5.41) is 0. The van der Waals surface area contributed by atoms with Crippen molar-refractivity contribution in [3.8, 4) is 0 Å². The summed E-state index contributed by atoms with van der Waals surface area (Å²) >= 11 is 0. The Morgan fingerprint density at radius 3 is 2.08 bits per heavy atom. The molecule has 13 heavy (non-hydrogen) atoms. The summed E-state index contributed by atoms with van der Waals surface area (Å²) in [6.45, 7) is 1.39. The molecule has 0 heterocycles. The van der Waals surface area contributed by atoms with Gasteiger partial charge in [0.1, 0.15) is 0 Å². The van der Waals surface area contributed by atoms with Gasteiger partial charge in [0.2, 0.25) is 0 Å². The Kier molecular flexibility index (Phi) is 1.52. The third-order valence-corrected chi connectivity index (χ3v) is 2.73. The second-order valence-corrected chi connectivity index (χ2v) is 3.75. The molecule has 2 atom stereocenters. The van der Waals surface area contributed by atoms with Crippen LogP contribution in [-0.2, 0) is 0 Å². The molecule has 1 saturated carbocycles. The molecule has 0 spiro atoms. The number of rotatable bonds is 1. The minimum atomic E-state index is -2.76. The molecule has 3 heteroatoms. The van der Waals surface area contributed by atoms with Crippen LogP contribution in [0, 0.1) is 0 Å². The minimum Gasteiger partial charge on any atom is -0.320 e. The highest BCUT2D eigenvalue weighted by Crippen LogP contribution is 2.62. The van der Waals surface area contributed by atoms with Crippen LogP contribution in [0.4, 0.5) is 8.78 Å². The van der Waals surface area contributed by atoms with Gasteiger partial charge < -0.3 is 5.73 Å². The van der Waals surface area contributed by atoms with Gasteiger partial charge in [-0.05, 0) is 12.5 Å². The zero-order valence-electron chi connectivity index (χ0n) is 7.30. The SMILES string of the molecule is C[C@]1(N)[C@H](c2ccccc2)C1(F)F. The van der Waals surface area contributed by atoms with Crippen LogP contribution in [0.1, 0.15) is 18.4 Å². The summed E-state index contributed by atoms with van der Waals surface area (Å²) < 4.78 is 26.3. The van der Waals surface area contributed by atoms with Gasteiger partial charge in [0.15, 0.2) is 0 Å². The van der Waals surface area contributed by atoms with E-state index in [-0.39, 0.29) is 0 Å². The number of halogens is 2. The number of hydrogen-bond donors (Lipinski definition) is 1. The Bertz CT molecular complexity index is 305. The lowest BCUT2D eigenvalue weighted by molar-refractivity contribution is 0.0886. The molecule has 1 aromatic rings. The molecule has 0 bridgehead atoms. The predicted molar refractivity (Wildman–Crippen MR) is 46.7 cm³/mol. The van der Waals surface area contributed by atoms with Gasteiger partial charge in [-0.25, -0.2) is 8.78 Å². The molecule has 2 rings (SSSR count). The normalized spacial score (nSPS) is 35.8. The second-order valence-electron chi connectivity index (χ2n) is 3.75. The van der Waals surface area contributed by atoms with Crippen molar-refractivity contribution in [2.45, 2.75) is 24.3 Å². The largest absolute Gasteiger partial charge is 0.320 e. The van der Waals surface area contributed by atoms with Crippen LogP contribution in [0.2, 0.25) is 0 Å². The van der Waals surface area contributed by atoms with E-state index in [4.69, 9.17) is 5.73 Å². The summed E-state index contributed by atoms with van der Waals surface area (Å²) in [5.74, 6) is -3.57. The fourth-order valence-electron chi connectivity index (χ4n) is 1.75. The highest BCUT2D eigenvalue weighted by atomic mass is 19.3. The third kappa shape index (κ3) is 1.000. The predicted octanol–water partition coefficient (Wildman–Crippen LogP) is 2.14. The first-order valence-electron chi connectivity index (χ1n) is 4.19. The van der Waals surface area contributed by atoms with E-state index >= 15 is 0 Å². The highest BCUT2D eigenvalue weighted by Gasteiger charge is 2.76. The van der Waals surface area contributed by atoms with Gasteiger partial charge in [-0.1, -0.05) is 30.3 Å². The smallest absolute Gasteiger partial charge is 0.274 e. The second kappa shape index (κ2) is 2.29. The van der Waals surface area contributed by atoms with Crippen LogP contribution in [-0.4, -0.2) is 11.5 Å². The lowest BCUT2D eigenvalue weighted by Crippen LogP contribution is -2.25. The summed E-state index contributed by atoms with van der Waals surface area (Å²) in [6.07, 6.45) is 0. The number of benzene rings is 1. The molecule has 1 fully saturated rings. The summed E-state index contributed by atoms with van der Waals surface area (Å²) in [5.41, 5.74) is 4.73. The van der Waals surface area contributed by atoms with Crippen molar-refractivity contribution >= 4 is 0 Å². The van der Waals surface area contributed by atoms with Crippen LogP contribution >= 0.6 is 0 Å². The van der Waals surface area contributed by atoms with Crippen molar-refractivity contribution in [1.29, 1.82) is 0 Å². The topological polar surface area (TPSA) is 26.0 Å². The number of nitrogens with two attached hydrogens (primary N) is 1. The monoisotopic (exact) mass is 183 g/mol. The van der Waals surface area contributed by atoms with Crippen molar-refractivity contribution in [2.75, 3.05) is 0 Å². The Balaban J connectivity index is 2.33. The lowest BCUT2D eigenvalue weighted by atomic mass is 10.1. The van der Waals surface area contributed by atoms with Gasteiger partial charge in [0.25, 0.3) is 5.92 Å². The molecule has 2 N–H and O–H groups in total. The van der Waals surface area contributed by atoms with Gasteiger partial charge >= 0.3 is 0 Å². The van der Waals surface area contributed by atoms with E-state index < -0.39 is 17.4 Å². The van der Waals surface area contributed by atoms with Crippen LogP contribution in [0.5, 0.6) is 0 Å². The average molecular weight is 183 g/mol. The molecule has 0 aromatic heterocycles.